The average molecular weight is 401 g/mol. The number of halogens is 1. The van der Waals surface area contributed by atoms with E-state index in [1.165, 1.54) is 11.3 Å². The molecule has 1 amide bonds. The van der Waals surface area contributed by atoms with Crippen LogP contribution >= 0.6 is 22.9 Å². The highest BCUT2D eigenvalue weighted by Crippen LogP contribution is 2.24. The van der Waals surface area contributed by atoms with Crippen LogP contribution in [0.4, 0.5) is 5.13 Å². The van der Waals surface area contributed by atoms with Crippen LogP contribution in [0.15, 0.2) is 0 Å². The molecule has 0 saturated carbocycles. The van der Waals surface area contributed by atoms with Crippen molar-refractivity contribution < 1.29 is 15.0 Å². The van der Waals surface area contributed by atoms with Gasteiger partial charge in [0.25, 0.3) is 5.91 Å². The van der Waals surface area contributed by atoms with E-state index in [0.29, 0.717) is 48.3 Å². The number of carbonyl (C=O) groups is 1. The molecule has 11 heteroatoms. The van der Waals surface area contributed by atoms with Gasteiger partial charge in [0, 0.05) is 26.1 Å². The summed E-state index contributed by atoms with van der Waals surface area (Å²) in [4.78, 5) is 21.2. The van der Waals surface area contributed by atoms with Crippen molar-refractivity contribution in [2.24, 2.45) is 0 Å². The van der Waals surface area contributed by atoms with Crippen molar-refractivity contribution >= 4 is 34.0 Å². The van der Waals surface area contributed by atoms with Gasteiger partial charge in [-0.25, -0.2) is 4.98 Å². The normalized spacial score (nSPS) is 20.4. The van der Waals surface area contributed by atoms with Gasteiger partial charge in [-0.3, -0.25) is 4.79 Å². The largest absolute Gasteiger partial charge is 0.396 e. The molecule has 0 aliphatic carbocycles. The highest BCUT2D eigenvalue weighted by molar-refractivity contribution is 7.15. The molecule has 4 N–H and O–H groups in total. The van der Waals surface area contributed by atoms with E-state index in [9.17, 15) is 9.90 Å². The molecule has 3 rings (SSSR count). The summed E-state index contributed by atoms with van der Waals surface area (Å²) in [5.41, 5.74) is 0.710. The summed E-state index contributed by atoms with van der Waals surface area (Å²) in [6.45, 7) is 2.93. The fraction of sp³-hybridized carbons (Fsp3) is 0.600. The van der Waals surface area contributed by atoms with E-state index in [-0.39, 0.29) is 24.4 Å². The lowest BCUT2D eigenvalue weighted by Gasteiger charge is -2.35. The molecule has 3 heterocycles. The topological polar surface area (TPSA) is 127 Å². The third kappa shape index (κ3) is 4.14. The quantitative estimate of drug-likeness (QED) is 0.552. The van der Waals surface area contributed by atoms with E-state index < -0.39 is 6.10 Å². The molecule has 26 heavy (non-hydrogen) atoms. The predicted molar refractivity (Wildman–Crippen MR) is 97.8 cm³/mol. The molecular formula is C15H21ClN6O3S. The molecule has 9 nitrogen and oxygen atoms in total. The van der Waals surface area contributed by atoms with Gasteiger partial charge in [0.1, 0.15) is 5.01 Å². The second kappa shape index (κ2) is 8.30. The third-order valence-electron chi connectivity index (χ3n) is 4.25. The number of carbonyl (C=O) groups excluding carboxylic acids is 1. The van der Waals surface area contributed by atoms with Crippen molar-refractivity contribution in [2.75, 3.05) is 24.6 Å². The van der Waals surface area contributed by atoms with Gasteiger partial charge >= 0.3 is 0 Å². The number of nitrogens with one attached hydrogen (secondary N) is 2. The van der Waals surface area contributed by atoms with E-state index in [0.717, 1.165) is 5.01 Å². The first-order valence-corrected chi connectivity index (χ1v) is 9.62. The second-order valence-corrected chi connectivity index (χ2v) is 7.44. The zero-order valence-electron chi connectivity index (χ0n) is 14.3. The number of imidazole rings is 1. The maximum absolute atomic E-state index is 12.3. The van der Waals surface area contributed by atoms with E-state index >= 15 is 0 Å². The fourth-order valence-electron chi connectivity index (χ4n) is 2.81. The van der Waals surface area contributed by atoms with Crippen LogP contribution in [0.2, 0.25) is 5.15 Å². The van der Waals surface area contributed by atoms with Gasteiger partial charge in [-0.2, -0.15) is 0 Å². The van der Waals surface area contributed by atoms with Gasteiger partial charge in [-0.15, -0.1) is 10.2 Å². The first-order chi connectivity index (χ1) is 12.5. The molecule has 142 valence electrons. The number of rotatable bonds is 6. The van der Waals surface area contributed by atoms with Crippen LogP contribution in [0.3, 0.4) is 0 Å². The molecule has 2 aromatic heterocycles. The number of hydrogen-bond donors (Lipinski definition) is 4. The number of β-amino-alcohol motifs (C(OH)–C–C–N with tert-alkyl or cyclic N) is 1. The summed E-state index contributed by atoms with van der Waals surface area (Å²) in [5.74, 6) is -0.232. The lowest BCUT2D eigenvalue weighted by atomic mass is 10.0. The SMILES string of the molecule is CCc1[nH]c(C(=O)N[C@@H]2CCN(c3nnc(CCO)s3)C[C@@H]2O)nc1Cl. The van der Waals surface area contributed by atoms with Crippen LogP contribution in [0, 0.1) is 0 Å². The third-order valence-corrected chi connectivity index (χ3v) is 5.60. The molecule has 0 radical (unpaired) electrons. The fourth-order valence-corrected chi connectivity index (χ4v) is 3.94. The number of anilines is 1. The highest BCUT2D eigenvalue weighted by Gasteiger charge is 2.31. The van der Waals surface area contributed by atoms with Gasteiger partial charge in [0.05, 0.1) is 17.8 Å². The Labute approximate surface area is 159 Å². The highest BCUT2D eigenvalue weighted by atomic mass is 35.5. The Morgan fingerprint density at radius 3 is 2.96 bits per heavy atom. The van der Waals surface area contributed by atoms with E-state index in [1.807, 2.05) is 11.8 Å². The molecule has 1 fully saturated rings. The van der Waals surface area contributed by atoms with E-state index in [4.69, 9.17) is 16.7 Å². The monoisotopic (exact) mass is 400 g/mol. The summed E-state index contributed by atoms with van der Waals surface area (Å²) in [5, 5.41) is 32.1. The van der Waals surface area contributed by atoms with Crippen molar-refractivity contribution in [1.29, 1.82) is 0 Å². The molecule has 0 aromatic carbocycles. The zero-order valence-corrected chi connectivity index (χ0v) is 15.8. The molecule has 1 saturated heterocycles. The Balaban J connectivity index is 1.58. The van der Waals surface area contributed by atoms with Crippen molar-refractivity contribution in [2.45, 2.75) is 38.3 Å². The van der Waals surface area contributed by atoms with Crippen molar-refractivity contribution in [3.8, 4) is 0 Å². The number of piperidine rings is 1. The standard InChI is InChI=1S/C15H21ClN6O3S/c1-2-8-12(16)19-13(17-8)14(25)18-9-3-5-22(7-10(9)24)15-21-20-11(26-15)4-6-23/h9-10,23-24H,2-7H2,1H3,(H,17,19)(H,18,25)/t9-,10+/m1/s1. The van der Waals surface area contributed by atoms with Crippen molar-refractivity contribution in [3.63, 3.8) is 0 Å². The number of aromatic nitrogens is 4. The van der Waals surface area contributed by atoms with Crippen LogP contribution in [0.1, 0.15) is 34.7 Å². The lowest BCUT2D eigenvalue weighted by molar-refractivity contribution is 0.0790. The van der Waals surface area contributed by atoms with Gasteiger partial charge in [-0.1, -0.05) is 29.9 Å². The number of H-pyrrole nitrogens is 1. The minimum absolute atomic E-state index is 0.0297. The number of aliphatic hydroxyl groups excluding tert-OH is 2. The minimum atomic E-state index is -0.742. The second-order valence-electron chi connectivity index (χ2n) is 6.04. The van der Waals surface area contributed by atoms with Crippen LogP contribution in [0.5, 0.6) is 0 Å². The number of aryl methyl sites for hydroxylation is 1. The van der Waals surface area contributed by atoms with E-state index in [2.05, 4.69) is 25.5 Å². The number of nitrogens with zero attached hydrogens (tertiary/aromatic N) is 4. The van der Waals surface area contributed by atoms with Crippen LogP contribution in [-0.4, -0.2) is 68.1 Å². The zero-order chi connectivity index (χ0) is 18.7. The Hall–Kier alpha value is -1.75. The van der Waals surface area contributed by atoms with Crippen LogP contribution in [-0.2, 0) is 12.8 Å². The van der Waals surface area contributed by atoms with Crippen LogP contribution in [0.25, 0.3) is 0 Å². The summed E-state index contributed by atoms with van der Waals surface area (Å²) in [6.07, 6.45) is 0.948. The molecular weight excluding hydrogens is 380 g/mol. The van der Waals surface area contributed by atoms with Gasteiger partial charge in [0.15, 0.2) is 11.0 Å². The first-order valence-electron chi connectivity index (χ1n) is 8.43. The smallest absolute Gasteiger partial charge is 0.287 e. The van der Waals surface area contributed by atoms with Crippen LogP contribution < -0.4 is 10.2 Å². The first kappa shape index (κ1) is 19.0. The Kier molecular flexibility index (Phi) is 6.07. The number of hydrogen-bond acceptors (Lipinski definition) is 8. The molecule has 0 spiro atoms. The number of amides is 1. The molecule has 0 unspecified atom stereocenters. The summed E-state index contributed by atoms with van der Waals surface area (Å²) in [7, 11) is 0. The van der Waals surface area contributed by atoms with Gasteiger partial charge in [-0.05, 0) is 12.8 Å². The Bertz CT molecular complexity index is 766. The summed E-state index contributed by atoms with van der Waals surface area (Å²) < 4.78 is 0. The van der Waals surface area contributed by atoms with Gasteiger partial charge < -0.3 is 25.4 Å². The van der Waals surface area contributed by atoms with E-state index in [1.54, 1.807) is 0 Å². The molecule has 2 aromatic rings. The molecule has 1 aliphatic heterocycles. The summed E-state index contributed by atoms with van der Waals surface area (Å²) >= 11 is 7.37. The Morgan fingerprint density at radius 2 is 2.31 bits per heavy atom. The number of aromatic amines is 1. The maximum atomic E-state index is 12.3. The predicted octanol–water partition coefficient (Wildman–Crippen LogP) is 0.381. The molecule has 1 aliphatic rings. The maximum Gasteiger partial charge on any atom is 0.287 e. The Morgan fingerprint density at radius 1 is 1.50 bits per heavy atom. The number of aliphatic hydroxyl groups is 2. The van der Waals surface area contributed by atoms with Gasteiger partial charge in [0.2, 0.25) is 5.13 Å². The molecule has 0 bridgehead atoms. The summed E-state index contributed by atoms with van der Waals surface area (Å²) in [6, 6.07) is -0.377. The minimum Gasteiger partial charge on any atom is -0.396 e. The van der Waals surface area contributed by atoms with Crippen molar-refractivity contribution in [3.05, 3.63) is 21.7 Å². The lowest BCUT2D eigenvalue weighted by Crippen LogP contribution is -2.54. The van der Waals surface area contributed by atoms with Crippen molar-refractivity contribution in [1.82, 2.24) is 25.5 Å². The molecule has 2 atom stereocenters. The average Bonchev–Trinajstić information content (AvgIpc) is 3.23.